The minimum Gasteiger partial charge on any atom is -0.507 e. The van der Waals surface area contributed by atoms with E-state index >= 15 is 0 Å². The van der Waals surface area contributed by atoms with E-state index in [1.54, 1.807) is 0 Å². The second-order valence-electron chi connectivity index (χ2n) is 2.21. The van der Waals surface area contributed by atoms with E-state index < -0.39 is 0 Å². The number of hydrogen-bond acceptors (Lipinski definition) is 1. The molecule has 0 amide bonds. The Morgan fingerprint density at radius 2 is 2.18 bits per heavy atom. The molecule has 0 saturated heterocycles. The second kappa shape index (κ2) is 3.22. The van der Waals surface area contributed by atoms with Gasteiger partial charge in [-0.05, 0) is 34.5 Å². The SMILES string of the molecule is CCc1c(F)ccc(O)c1Br. The maximum atomic E-state index is 12.9. The molecule has 1 nitrogen and oxygen atoms in total. The number of halogens is 2. The summed E-state index contributed by atoms with van der Waals surface area (Å²) < 4.78 is 13.3. The first-order valence-corrected chi connectivity index (χ1v) is 4.12. The summed E-state index contributed by atoms with van der Waals surface area (Å²) in [5, 5.41) is 9.14. The number of benzene rings is 1. The number of rotatable bonds is 1. The molecule has 0 heterocycles. The molecule has 1 N–H and O–H groups in total. The van der Waals surface area contributed by atoms with Crippen molar-refractivity contribution in [2.24, 2.45) is 0 Å². The molecule has 0 aliphatic heterocycles. The first-order chi connectivity index (χ1) is 5.16. The van der Waals surface area contributed by atoms with Crippen molar-refractivity contribution in [1.29, 1.82) is 0 Å². The molecule has 3 heteroatoms. The maximum absolute atomic E-state index is 12.9. The lowest BCUT2D eigenvalue weighted by Gasteiger charge is -2.03. The van der Waals surface area contributed by atoms with E-state index in [0.29, 0.717) is 16.5 Å². The number of aromatic hydroxyl groups is 1. The van der Waals surface area contributed by atoms with Crippen LogP contribution in [0, 0.1) is 5.82 Å². The Hall–Kier alpha value is -0.570. The highest BCUT2D eigenvalue weighted by Gasteiger charge is 2.07. The zero-order valence-corrected chi connectivity index (χ0v) is 7.65. The van der Waals surface area contributed by atoms with Crippen molar-refractivity contribution in [2.75, 3.05) is 0 Å². The van der Waals surface area contributed by atoms with Crippen molar-refractivity contribution in [2.45, 2.75) is 13.3 Å². The average molecular weight is 219 g/mol. The molecule has 0 aromatic heterocycles. The van der Waals surface area contributed by atoms with E-state index in [9.17, 15) is 4.39 Å². The van der Waals surface area contributed by atoms with Gasteiger partial charge in [-0.1, -0.05) is 6.92 Å². The van der Waals surface area contributed by atoms with Crippen molar-refractivity contribution < 1.29 is 9.50 Å². The summed E-state index contributed by atoms with van der Waals surface area (Å²) in [7, 11) is 0. The Labute approximate surface area is 73.0 Å². The van der Waals surface area contributed by atoms with Crippen LogP contribution in [0.5, 0.6) is 5.75 Å². The van der Waals surface area contributed by atoms with Crippen molar-refractivity contribution in [3.8, 4) is 5.75 Å². The van der Waals surface area contributed by atoms with Crippen LogP contribution in [0.3, 0.4) is 0 Å². The molecule has 0 fully saturated rings. The van der Waals surface area contributed by atoms with Gasteiger partial charge in [0.15, 0.2) is 0 Å². The molecule has 0 bridgehead atoms. The van der Waals surface area contributed by atoms with Crippen LogP contribution in [0.15, 0.2) is 16.6 Å². The third-order valence-corrected chi connectivity index (χ3v) is 2.40. The predicted octanol–water partition coefficient (Wildman–Crippen LogP) is 2.86. The molecule has 1 rings (SSSR count). The third-order valence-electron chi connectivity index (χ3n) is 1.52. The van der Waals surface area contributed by atoms with Crippen LogP contribution in [0.25, 0.3) is 0 Å². The van der Waals surface area contributed by atoms with Gasteiger partial charge < -0.3 is 5.11 Å². The monoisotopic (exact) mass is 218 g/mol. The smallest absolute Gasteiger partial charge is 0.130 e. The van der Waals surface area contributed by atoms with Gasteiger partial charge in [0.25, 0.3) is 0 Å². The summed E-state index contributed by atoms with van der Waals surface area (Å²) >= 11 is 3.10. The fourth-order valence-electron chi connectivity index (χ4n) is 0.909. The molecule has 0 saturated carbocycles. The number of hydrogen-bond donors (Lipinski definition) is 1. The van der Waals surface area contributed by atoms with Gasteiger partial charge in [-0.25, -0.2) is 4.39 Å². The first-order valence-electron chi connectivity index (χ1n) is 3.32. The molecule has 0 unspecified atom stereocenters. The normalized spacial score (nSPS) is 10.1. The number of phenols is 1. The van der Waals surface area contributed by atoms with Crippen molar-refractivity contribution >= 4 is 15.9 Å². The van der Waals surface area contributed by atoms with Crippen LogP contribution >= 0.6 is 15.9 Å². The molecule has 11 heavy (non-hydrogen) atoms. The van der Waals surface area contributed by atoms with Crippen LogP contribution in [0.4, 0.5) is 4.39 Å². The van der Waals surface area contributed by atoms with Gasteiger partial charge in [-0.2, -0.15) is 0 Å². The van der Waals surface area contributed by atoms with Gasteiger partial charge in [0.05, 0.1) is 4.47 Å². The lowest BCUT2D eigenvalue weighted by molar-refractivity contribution is 0.467. The summed E-state index contributed by atoms with van der Waals surface area (Å²) in [5.41, 5.74) is 0.519. The van der Waals surface area contributed by atoms with Gasteiger partial charge in [0, 0.05) is 5.56 Å². The Kier molecular flexibility index (Phi) is 2.49. The lowest BCUT2D eigenvalue weighted by Crippen LogP contribution is -1.88. The molecule has 0 aliphatic rings. The van der Waals surface area contributed by atoms with Crippen LogP contribution < -0.4 is 0 Å². The van der Waals surface area contributed by atoms with Gasteiger partial charge in [-0.3, -0.25) is 0 Å². The summed E-state index contributed by atoms with van der Waals surface area (Å²) in [4.78, 5) is 0. The number of phenolic OH excluding ortho intramolecular Hbond substituents is 1. The van der Waals surface area contributed by atoms with E-state index in [1.165, 1.54) is 12.1 Å². The van der Waals surface area contributed by atoms with Crippen LogP contribution in [-0.2, 0) is 6.42 Å². The molecule has 0 atom stereocenters. The molecule has 60 valence electrons. The fraction of sp³-hybridized carbons (Fsp3) is 0.250. The van der Waals surface area contributed by atoms with Crippen molar-refractivity contribution in [3.05, 3.63) is 28.0 Å². The van der Waals surface area contributed by atoms with E-state index in [2.05, 4.69) is 15.9 Å². The molecule has 0 radical (unpaired) electrons. The van der Waals surface area contributed by atoms with Crippen LogP contribution in [0.2, 0.25) is 0 Å². The first kappa shape index (κ1) is 8.53. The van der Waals surface area contributed by atoms with Crippen molar-refractivity contribution in [3.63, 3.8) is 0 Å². The quantitative estimate of drug-likeness (QED) is 0.769. The minimum absolute atomic E-state index is 0.0863. The molecule has 0 spiro atoms. The minimum atomic E-state index is -0.280. The highest BCUT2D eigenvalue weighted by atomic mass is 79.9. The van der Waals surface area contributed by atoms with E-state index in [0.717, 1.165) is 0 Å². The van der Waals surface area contributed by atoms with Gasteiger partial charge in [-0.15, -0.1) is 0 Å². The summed E-state index contributed by atoms with van der Waals surface area (Å²) in [6.45, 7) is 1.84. The maximum Gasteiger partial charge on any atom is 0.130 e. The highest BCUT2D eigenvalue weighted by molar-refractivity contribution is 9.10. The van der Waals surface area contributed by atoms with Gasteiger partial charge >= 0.3 is 0 Å². The van der Waals surface area contributed by atoms with E-state index in [1.807, 2.05) is 6.92 Å². The topological polar surface area (TPSA) is 20.2 Å². The molecular weight excluding hydrogens is 211 g/mol. The standard InChI is InChI=1S/C8H8BrFO/c1-2-5-6(10)3-4-7(11)8(5)9/h3-4,11H,2H2,1H3. The Balaban J connectivity index is 3.29. The summed E-state index contributed by atoms with van der Waals surface area (Å²) in [5.74, 6) is -0.194. The second-order valence-corrected chi connectivity index (χ2v) is 3.01. The molecule has 1 aromatic rings. The molecule has 1 aromatic carbocycles. The molecule has 0 aliphatic carbocycles. The summed E-state index contributed by atoms with van der Waals surface area (Å²) in [6, 6.07) is 2.59. The predicted molar refractivity (Wildman–Crippen MR) is 45.1 cm³/mol. The Morgan fingerprint density at radius 1 is 1.55 bits per heavy atom. The Morgan fingerprint density at radius 3 is 2.64 bits per heavy atom. The zero-order valence-electron chi connectivity index (χ0n) is 6.06. The average Bonchev–Trinajstić information content (AvgIpc) is 1.99. The van der Waals surface area contributed by atoms with Gasteiger partial charge in [0.1, 0.15) is 11.6 Å². The molecular formula is C8H8BrFO. The van der Waals surface area contributed by atoms with Gasteiger partial charge in [0.2, 0.25) is 0 Å². The van der Waals surface area contributed by atoms with Crippen LogP contribution in [0.1, 0.15) is 12.5 Å². The van der Waals surface area contributed by atoms with E-state index in [4.69, 9.17) is 5.11 Å². The highest BCUT2D eigenvalue weighted by Crippen LogP contribution is 2.29. The van der Waals surface area contributed by atoms with Crippen molar-refractivity contribution in [1.82, 2.24) is 0 Å². The largest absolute Gasteiger partial charge is 0.507 e. The Bertz CT molecular complexity index is 273. The van der Waals surface area contributed by atoms with E-state index in [-0.39, 0.29) is 11.6 Å². The lowest BCUT2D eigenvalue weighted by atomic mass is 10.1. The summed E-state index contributed by atoms with van der Waals surface area (Å²) in [6.07, 6.45) is 0.570. The fourth-order valence-corrected chi connectivity index (χ4v) is 1.51. The zero-order chi connectivity index (χ0) is 8.43. The van der Waals surface area contributed by atoms with Crippen LogP contribution in [-0.4, -0.2) is 5.11 Å². The third kappa shape index (κ3) is 1.53.